The molecule has 0 spiro atoms. The Labute approximate surface area is 194 Å². The van der Waals surface area contributed by atoms with Crippen molar-refractivity contribution in [2.75, 3.05) is 30.8 Å². The molecule has 0 saturated carbocycles. The summed E-state index contributed by atoms with van der Waals surface area (Å²) in [7, 11) is 0. The lowest BCUT2D eigenvalue weighted by Gasteiger charge is -2.12. The largest absolute Gasteiger partial charge is 0.490 e. The average Bonchev–Trinajstić information content (AvgIpc) is 3.10. The minimum atomic E-state index is -0.327. The molecule has 0 aliphatic carbocycles. The summed E-state index contributed by atoms with van der Waals surface area (Å²) in [6.45, 7) is 5.63. The number of hydrogen-bond donors (Lipinski definition) is 2. The highest BCUT2D eigenvalue weighted by molar-refractivity contribution is 7.80. The van der Waals surface area contributed by atoms with E-state index < -0.39 is 0 Å². The summed E-state index contributed by atoms with van der Waals surface area (Å²) in [5, 5.41) is 14.3. The molecule has 7 heteroatoms. The van der Waals surface area contributed by atoms with E-state index in [2.05, 4.69) is 47.6 Å². The van der Waals surface area contributed by atoms with Gasteiger partial charge in [-0.15, -0.1) is 0 Å². The maximum atomic E-state index is 10.9. The second-order valence-corrected chi connectivity index (χ2v) is 7.88. The lowest BCUT2D eigenvalue weighted by Crippen LogP contribution is -2.09. The van der Waals surface area contributed by atoms with Gasteiger partial charge in [0.1, 0.15) is 25.0 Å². The molecule has 32 heavy (non-hydrogen) atoms. The van der Waals surface area contributed by atoms with Crippen LogP contribution in [0.5, 0.6) is 5.75 Å². The standard InChI is InChI=1S/C25H29N3O3S/c1-3-12-28-24-16-21(31-14-13-30-18(2)29)9-10-22(24)23(17-26)25(28)19-5-7-20(8-6-19)27-11-4-15-32/h5-10,16,27,32H,3-4,11-15H2,1-2H3. The molecule has 1 N–H and O–H groups in total. The fourth-order valence-corrected chi connectivity index (χ4v) is 3.85. The minimum Gasteiger partial charge on any atom is -0.490 e. The summed E-state index contributed by atoms with van der Waals surface area (Å²) in [6.07, 6.45) is 1.93. The Morgan fingerprint density at radius 3 is 2.62 bits per heavy atom. The molecular formula is C25H29N3O3S. The number of hydrogen-bond acceptors (Lipinski definition) is 6. The molecule has 1 aromatic heterocycles. The summed E-state index contributed by atoms with van der Waals surface area (Å²) in [6, 6.07) is 16.4. The molecule has 1 heterocycles. The van der Waals surface area contributed by atoms with Crippen molar-refractivity contribution in [1.82, 2.24) is 4.57 Å². The average molecular weight is 452 g/mol. The van der Waals surface area contributed by atoms with E-state index in [4.69, 9.17) is 9.47 Å². The van der Waals surface area contributed by atoms with E-state index in [1.54, 1.807) is 0 Å². The van der Waals surface area contributed by atoms with Crippen LogP contribution in [0.4, 0.5) is 5.69 Å². The predicted octanol–water partition coefficient (Wildman–Crippen LogP) is 5.26. The first-order chi connectivity index (χ1) is 15.6. The van der Waals surface area contributed by atoms with E-state index in [9.17, 15) is 10.1 Å². The third-order valence-electron chi connectivity index (χ3n) is 5.07. The van der Waals surface area contributed by atoms with Crippen LogP contribution >= 0.6 is 12.6 Å². The predicted molar refractivity (Wildman–Crippen MR) is 131 cm³/mol. The molecule has 0 bridgehead atoms. The number of nitrogens with zero attached hydrogens (tertiary/aromatic N) is 2. The number of carbonyl (C=O) groups excluding carboxylic acids is 1. The highest BCUT2D eigenvalue weighted by Crippen LogP contribution is 2.36. The number of esters is 1. The molecule has 0 radical (unpaired) electrons. The van der Waals surface area contributed by atoms with Gasteiger partial charge in [0.05, 0.1) is 16.8 Å². The van der Waals surface area contributed by atoms with Crippen LogP contribution < -0.4 is 10.1 Å². The Morgan fingerprint density at radius 2 is 1.97 bits per heavy atom. The summed E-state index contributed by atoms with van der Waals surface area (Å²) < 4.78 is 12.9. The summed E-state index contributed by atoms with van der Waals surface area (Å²) in [4.78, 5) is 10.9. The fraction of sp³-hybridized carbons (Fsp3) is 0.360. The van der Waals surface area contributed by atoms with Gasteiger partial charge in [-0.1, -0.05) is 19.1 Å². The Morgan fingerprint density at radius 1 is 1.19 bits per heavy atom. The molecule has 0 aliphatic rings. The molecule has 0 atom stereocenters. The van der Waals surface area contributed by atoms with Crippen molar-refractivity contribution in [3.63, 3.8) is 0 Å². The first-order valence-electron chi connectivity index (χ1n) is 10.9. The Bertz CT molecular complexity index is 1100. The lowest BCUT2D eigenvalue weighted by atomic mass is 10.1. The van der Waals surface area contributed by atoms with Gasteiger partial charge in [0.2, 0.25) is 0 Å². The van der Waals surface area contributed by atoms with Gasteiger partial charge < -0.3 is 19.4 Å². The second kappa shape index (κ2) is 11.5. The first kappa shape index (κ1) is 23.6. The number of anilines is 1. The third-order valence-corrected chi connectivity index (χ3v) is 5.39. The maximum absolute atomic E-state index is 10.9. The number of rotatable bonds is 11. The quantitative estimate of drug-likeness (QED) is 0.236. The van der Waals surface area contributed by atoms with Crippen molar-refractivity contribution >= 4 is 35.2 Å². The summed E-state index contributed by atoms with van der Waals surface area (Å²) in [5.74, 6) is 1.20. The lowest BCUT2D eigenvalue weighted by molar-refractivity contribution is -0.141. The minimum absolute atomic E-state index is 0.201. The van der Waals surface area contributed by atoms with Crippen molar-refractivity contribution in [2.45, 2.75) is 33.2 Å². The van der Waals surface area contributed by atoms with Crippen LogP contribution in [0.2, 0.25) is 0 Å². The van der Waals surface area contributed by atoms with Crippen LogP contribution in [-0.4, -0.2) is 36.0 Å². The molecule has 168 valence electrons. The number of thiol groups is 1. The van der Waals surface area contributed by atoms with Crippen LogP contribution in [0.25, 0.3) is 22.2 Å². The van der Waals surface area contributed by atoms with Crippen molar-refractivity contribution in [3.05, 3.63) is 48.0 Å². The molecule has 0 aliphatic heterocycles. The van der Waals surface area contributed by atoms with E-state index in [0.29, 0.717) is 11.3 Å². The van der Waals surface area contributed by atoms with Crippen LogP contribution in [0.15, 0.2) is 42.5 Å². The number of nitriles is 1. The van der Waals surface area contributed by atoms with E-state index in [0.717, 1.165) is 59.5 Å². The van der Waals surface area contributed by atoms with Crippen LogP contribution in [0.1, 0.15) is 32.3 Å². The van der Waals surface area contributed by atoms with Gasteiger partial charge in [0.25, 0.3) is 0 Å². The van der Waals surface area contributed by atoms with Crippen molar-refractivity contribution in [1.29, 1.82) is 5.26 Å². The molecular weight excluding hydrogens is 422 g/mol. The van der Waals surface area contributed by atoms with Gasteiger partial charge in [0.15, 0.2) is 0 Å². The highest BCUT2D eigenvalue weighted by Gasteiger charge is 2.19. The number of fused-ring (bicyclic) bond motifs is 1. The van der Waals surface area contributed by atoms with Crippen molar-refractivity contribution in [3.8, 4) is 23.1 Å². The number of benzene rings is 2. The second-order valence-electron chi connectivity index (χ2n) is 7.44. The normalized spacial score (nSPS) is 10.7. The number of aryl methyl sites for hydroxylation is 1. The Balaban J connectivity index is 1.95. The molecule has 2 aromatic carbocycles. The smallest absolute Gasteiger partial charge is 0.302 e. The summed E-state index contributed by atoms with van der Waals surface area (Å²) >= 11 is 4.25. The van der Waals surface area contributed by atoms with Gasteiger partial charge in [-0.25, -0.2) is 0 Å². The molecule has 0 fully saturated rings. The number of carbonyl (C=O) groups is 1. The van der Waals surface area contributed by atoms with Crippen LogP contribution in [0.3, 0.4) is 0 Å². The first-order valence-corrected chi connectivity index (χ1v) is 11.5. The zero-order valence-electron chi connectivity index (χ0n) is 18.6. The molecule has 0 amide bonds. The zero-order chi connectivity index (χ0) is 22.9. The van der Waals surface area contributed by atoms with E-state index in [-0.39, 0.29) is 19.2 Å². The van der Waals surface area contributed by atoms with Crippen molar-refractivity contribution in [2.24, 2.45) is 0 Å². The van der Waals surface area contributed by atoms with Crippen molar-refractivity contribution < 1.29 is 14.3 Å². The van der Waals surface area contributed by atoms with Gasteiger partial charge in [-0.2, -0.15) is 17.9 Å². The molecule has 3 rings (SSSR count). The molecule has 0 saturated heterocycles. The Hall–Kier alpha value is -3.11. The number of ether oxygens (including phenoxy) is 2. The third kappa shape index (κ3) is 5.57. The molecule has 0 unspecified atom stereocenters. The topological polar surface area (TPSA) is 76.3 Å². The van der Waals surface area contributed by atoms with E-state index >= 15 is 0 Å². The highest BCUT2D eigenvalue weighted by atomic mass is 32.1. The Kier molecular flexibility index (Phi) is 8.46. The SMILES string of the molecule is CCCn1c(-c2ccc(NCCCS)cc2)c(C#N)c2ccc(OCCOC(C)=O)cc21. The van der Waals surface area contributed by atoms with Gasteiger partial charge in [0, 0.05) is 37.2 Å². The van der Waals surface area contributed by atoms with Gasteiger partial charge in [-0.3, -0.25) is 4.79 Å². The molecule has 3 aromatic rings. The monoisotopic (exact) mass is 451 g/mol. The summed E-state index contributed by atoms with van der Waals surface area (Å²) in [5.41, 5.74) is 4.59. The van der Waals surface area contributed by atoms with Gasteiger partial charge >= 0.3 is 5.97 Å². The van der Waals surface area contributed by atoms with Crippen LogP contribution in [-0.2, 0) is 16.1 Å². The fourth-order valence-electron chi connectivity index (χ4n) is 3.69. The molecule has 6 nitrogen and oxygen atoms in total. The van der Waals surface area contributed by atoms with Crippen LogP contribution in [0, 0.1) is 11.3 Å². The van der Waals surface area contributed by atoms with Gasteiger partial charge in [-0.05, 0) is 48.4 Å². The van der Waals surface area contributed by atoms with E-state index in [1.165, 1.54) is 6.92 Å². The number of aromatic nitrogens is 1. The zero-order valence-corrected chi connectivity index (χ0v) is 19.5. The maximum Gasteiger partial charge on any atom is 0.302 e. The van der Waals surface area contributed by atoms with E-state index in [1.807, 2.05) is 30.3 Å². The number of nitrogens with one attached hydrogen (secondary N) is 1.